The average molecular weight is 350 g/mol. The van der Waals surface area contributed by atoms with E-state index in [9.17, 15) is 13.2 Å². The molecule has 0 saturated heterocycles. The molecular formula is C18H17F3N2S. The summed E-state index contributed by atoms with van der Waals surface area (Å²) < 4.78 is 37.7. The summed E-state index contributed by atoms with van der Waals surface area (Å²) in [6, 6.07) is 13.2. The fourth-order valence-electron chi connectivity index (χ4n) is 2.97. The summed E-state index contributed by atoms with van der Waals surface area (Å²) in [5.41, 5.74) is 2.41. The van der Waals surface area contributed by atoms with Gasteiger partial charge in [0.15, 0.2) is 5.11 Å². The molecule has 0 fully saturated rings. The molecule has 0 spiro atoms. The first-order valence-corrected chi connectivity index (χ1v) is 8.17. The smallest absolute Gasteiger partial charge is 0.356 e. The van der Waals surface area contributed by atoms with Crippen LogP contribution < -0.4 is 10.6 Å². The summed E-state index contributed by atoms with van der Waals surface area (Å²) in [5.74, 6) is 0. The lowest BCUT2D eigenvalue weighted by atomic mass is 9.88. The van der Waals surface area contributed by atoms with Gasteiger partial charge in [-0.3, -0.25) is 0 Å². The van der Waals surface area contributed by atoms with Gasteiger partial charge in [0.05, 0.1) is 11.6 Å². The number of hydrogen-bond acceptors (Lipinski definition) is 1. The second-order valence-electron chi connectivity index (χ2n) is 5.82. The Morgan fingerprint density at radius 2 is 1.75 bits per heavy atom. The summed E-state index contributed by atoms with van der Waals surface area (Å²) in [7, 11) is 0. The fraction of sp³-hybridized carbons (Fsp3) is 0.278. The molecule has 2 N–H and O–H groups in total. The maximum absolute atomic E-state index is 12.6. The summed E-state index contributed by atoms with van der Waals surface area (Å²) in [6.07, 6.45) is -1.21. The number of fused-ring (bicyclic) bond motifs is 1. The van der Waals surface area contributed by atoms with Gasteiger partial charge in [0.25, 0.3) is 0 Å². The molecule has 1 atom stereocenters. The molecule has 3 rings (SSSR count). The molecule has 0 saturated carbocycles. The molecule has 0 aromatic heterocycles. The Kier molecular flexibility index (Phi) is 4.76. The molecule has 1 aliphatic carbocycles. The van der Waals surface area contributed by atoms with Crippen LogP contribution in [-0.2, 0) is 12.6 Å². The zero-order valence-electron chi connectivity index (χ0n) is 12.9. The first kappa shape index (κ1) is 16.8. The first-order chi connectivity index (χ1) is 11.4. The average Bonchev–Trinajstić information content (AvgIpc) is 2.55. The second-order valence-corrected chi connectivity index (χ2v) is 6.23. The number of thiocarbonyl (C=S) groups is 1. The highest BCUT2D eigenvalue weighted by atomic mass is 32.1. The van der Waals surface area contributed by atoms with Crippen molar-refractivity contribution in [3.05, 3.63) is 65.2 Å². The fourth-order valence-corrected chi connectivity index (χ4v) is 3.23. The minimum Gasteiger partial charge on any atom is -0.356 e. The minimum atomic E-state index is -4.33. The third kappa shape index (κ3) is 3.87. The number of rotatable bonds is 2. The van der Waals surface area contributed by atoms with Crippen LogP contribution in [0.3, 0.4) is 0 Å². The van der Waals surface area contributed by atoms with E-state index in [0.717, 1.165) is 31.4 Å². The highest BCUT2D eigenvalue weighted by Gasteiger charge is 2.30. The SMILES string of the molecule is FC(F)(F)c1ccc(NC(=S)N[C@@H]2CCCc3ccccc32)cc1. The van der Waals surface area contributed by atoms with Crippen molar-refractivity contribution in [1.29, 1.82) is 0 Å². The molecule has 126 valence electrons. The zero-order chi connectivity index (χ0) is 17.2. The molecule has 0 bridgehead atoms. The summed E-state index contributed by atoms with van der Waals surface area (Å²) in [6.45, 7) is 0. The molecule has 2 aromatic rings. The third-order valence-electron chi connectivity index (χ3n) is 4.14. The van der Waals surface area contributed by atoms with E-state index in [2.05, 4.69) is 22.8 Å². The molecule has 2 nitrogen and oxygen atoms in total. The lowest BCUT2D eigenvalue weighted by Crippen LogP contribution is -2.34. The van der Waals surface area contributed by atoms with E-state index >= 15 is 0 Å². The van der Waals surface area contributed by atoms with Crippen LogP contribution in [0.25, 0.3) is 0 Å². The Morgan fingerprint density at radius 3 is 2.46 bits per heavy atom. The van der Waals surface area contributed by atoms with Crippen LogP contribution in [0.2, 0.25) is 0 Å². The zero-order valence-corrected chi connectivity index (χ0v) is 13.7. The Labute approximate surface area is 144 Å². The summed E-state index contributed by atoms with van der Waals surface area (Å²) in [4.78, 5) is 0. The molecule has 6 heteroatoms. The predicted octanol–water partition coefficient (Wildman–Crippen LogP) is 5.07. The van der Waals surface area contributed by atoms with Crippen LogP contribution in [0.15, 0.2) is 48.5 Å². The molecule has 2 aromatic carbocycles. The first-order valence-electron chi connectivity index (χ1n) is 7.76. The molecule has 0 radical (unpaired) electrons. The highest BCUT2D eigenvalue weighted by Crippen LogP contribution is 2.31. The van der Waals surface area contributed by atoms with Gasteiger partial charge in [0.2, 0.25) is 0 Å². The number of halogens is 3. The number of aryl methyl sites for hydroxylation is 1. The van der Waals surface area contributed by atoms with Crippen LogP contribution >= 0.6 is 12.2 Å². The van der Waals surface area contributed by atoms with E-state index < -0.39 is 11.7 Å². The third-order valence-corrected chi connectivity index (χ3v) is 4.36. The largest absolute Gasteiger partial charge is 0.416 e. The van der Waals surface area contributed by atoms with Gasteiger partial charge in [-0.2, -0.15) is 13.2 Å². The molecule has 24 heavy (non-hydrogen) atoms. The number of alkyl halides is 3. The van der Waals surface area contributed by atoms with Crippen LogP contribution in [-0.4, -0.2) is 5.11 Å². The molecule has 0 heterocycles. The van der Waals surface area contributed by atoms with Crippen LogP contribution in [0, 0.1) is 0 Å². The van der Waals surface area contributed by atoms with Crippen molar-refractivity contribution in [3.63, 3.8) is 0 Å². The minimum absolute atomic E-state index is 0.129. The Bertz CT molecular complexity index is 726. The van der Waals surface area contributed by atoms with Gasteiger partial charge in [0.1, 0.15) is 0 Å². The molecule has 0 aliphatic heterocycles. The quantitative estimate of drug-likeness (QED) is 0.740. The molecule has 0 amide bonds. The van der Waals surface area contributed by atoms with Crippen molar-refractivity contribution >= 4 is 23.0 Å². The van der Waals surface area contributed by atoms with Crippen LogP contribution in [0.1, 0.15) is 35.6 Å². The number of hydrogen-bond donors (Lipinski definition) is 2. The molecule has 0 unspecified atom stereocenters. The van der Waals surface area contributed by atoms with Crippen molar-refractivity contribution in [1.82, 2.24) is 5.32 Å². The van der Waals surface area contributed by atoms with Crippen molar-refractivity contribution in [3.8, 4) is 0 Å². The van der Waals surface area contributed by atoms with Gasteiger partial charge in [-0.1, -0.05) is 24.3 Å². The van der Waals surface area contributed by atoms with Gasteiger partial charge in [-0.25, -0.2) is 0 Å². The number of nitrogens with one attached hydrogen (secondary N) is 2. The molecular weight excluding hydrogens is 333 g/mol. The van der Waals surface area contributed by atoms with Gasteiger partial charge >= 0.3 is 6.18 Å². The maximum Gasteiger partial charge on any atom is 0.416 e. The topological polar surface area (TPSA) is 24.1 Å². The highest BCUT2D eigenvalue weighted by molar-refractivity contribution is 7.80. The molecule has 1 aliphatic rings. The van der Waals surface area contributed by atoms with E-state index in [1.807, 2.05) is 12.1 Å². The van der Waals surface area contributed by atoms with Crippen molar-refractivity contribution < 1.29 is 13.2 Å². The van der Waals surface area contributed by atoms with Gasteiger partial charge in [0, 0.05) is 5.69 Å². The van der Waals surface area contributed by atoms with Crippen molar-refractivity contribution in [2.75, 3.05) is 5.32 Å². The van der Waals surface area contributed by atoms with Crippen molar-refractivity contribution in [2.45, 2.75) is 31.5 Å². The van der Waals surface area contributed by atoms with Crippen LogP contribution in [0.5, 0.6) is 0 Å². The summed E-state index contributed by atoms with van der Waals surface area (Å²) in [5, 5.41) is 6.63. The lowest BCUT2D eigenvalue weighted by molar-refractivity contribution is -0.137. The predicted molar refractivity (Wildman–Crippen MR) is 92.9 cm³/mol. The van der Waals surface area contributed by atoms with Crippen molar-refractivity contribution in [2.24, 2.45) is 0 Å². The Morgan fingerprint density at radius 1 is 1.04 bits per heavy atom. The van der Waals surface area contributed by atoms with E-state index in [-0.39, 0.29) is 6.04 Å². The van der Waals surface area contributed by atoms with E-state index in [1.54, 1.807) is 0 Å². The van der Waals surface area contributed by atoms with Crippen LogP contribution in [0.4, 0.5) is 18.9 Å². The second kappa shape index (κ2) is 6.81. The van der Waals surface area contributed by atoms with Gasteiger partial charge in [-0.05, 0) is 66.9 Å². The van der Waals surface area contributed by atoms with E-state index in [0.29, 0.717) is 10.8 Å². The standard InChI is InChI=1S/C18H17F3N2S/c19-18(20,21)13-8-10-14(11-9-13)22-17(24)23-16-7-3-5-12-4-1-2-6-15(12)16/h1-2,4,6,8-11,16H,3,5,7H2,(H2,22,23,24)/t16-/m1/s1. The summed E-state index contributed by atoms with van der Waals surface area (Å²) >= 11 is 5.31. The monoisotopic (exact) mass is 350 g/mol. The van der Waals surface area contributed by atoms with Gasteiger partial charge in [-0.15, -0.1) is 0 Å². The lowest BCUT2D eigenvalue weighted by Gasteiger charge is -2.27. The number of anilines is 1. The van der Waals surface area contributed by atoms with Gasteiger partial charge < -0.3 is 10.6 Å². The Balaban J connectivity index is 1.64. The Hall–Kier alpha value is -2.08. The maximum atomic E-state index is 12.6. The van der Waals surface area contributed by atoms with E-state index in [1.165, 1.54) is 23.3 Å². The number of benzene rings is 2. The normalized spacial score (nSPS) is 17.0. The van der Waals surface area contributed by atoms with E-state index in [4.69, 9.17) is 12.2 Å².